The molecule has 1 aromatic heterocycles. The molecule has 126 valence electrons. The summed E-state index contributed by atoms with van der Waals surface area (Å²) in [5.41, 5.74) is 1.94. The number of aromatic nitrogens is 1. The number of aliphatic hydroxyl groups is 1. The van der Waals surface area contributed by atoms with Gasteiger partial charge in [-0.1, -0.05) is 24.3 Å². The van der Waals surface area contributed by atoms with Gasteiger partial charge in [-0.25, -0.2) is 9.18 Å². The minimum atomic E-state index is -1.56. The number of carboxylic acid groups (broad SMARTS) is 1. The van der Waals surface area contributed by atoms with Gasteiger partial charge in [0.25, 0.3) is 0 Å². The Hall–Kier alpha value is -3.41. The molecular weight excluding hydrogens is 325 g/mol. The van der Waals surface area contributed by atoms with Crippen molar-refractivity contribution in [2.24, 2.45) is 0 Å². The minimum Gasteiger partial charge on any atom is -0.502 e. The van der Waals surface area contributed by atoms with E-state index in [1.807, 2.05) is 16.8 Å². The van der Waals surface area contributed by atoms with Gasteiger partial charge in [-0.15, -0.1) is 0 Å². The molecule has 5 nitrogen and oxygen atoms in total. The van der Waals surface area contributed by atoms with Crippen LogP contribution in [-0.4, -0.2) is 26.5 Å². The summed E-state index contributed by atoms with van der Waals surface area (Å²) < 4.78 is 14.9. The van der Waals surface area contributed by atoms with Crippen molar-refractivity contribution < 1.29 is 24.2 Å². The molecule has 0 radical (unpaired) electrons. The van der Waals surface area contributed by atoms with Crippen molar-refractivity contribution in [3.05, 3.63) is 83.5 Å². The van der Waals surface area contributed by atoms with Gasteiger partial charge in [-0.05, 0) is 35.2 Å². The summed E-state index contributed by atoms with van der Waals surface area (Å²) in [6, 6.07) is 13.0. The van der Waals surface area contributed by atoms with E-state index in [0.29, 0.717) is 12.6 Å². The van der Waals surface area contributed by atoms with Crippen LogP contribution in [0.3, 0.4) is 0 Å². The topological polar surface area (TPSA) is 79.5 Å². The quantitative estimate of drug-likeness (QED) is 0.423. The first-order valence-electron chi connectivity index (χ1n) is 7.45. The van der Waals surface area contributed by atoms with Crippen LogP contribution in [-0.2, 0) is 11.3 Å². The van der Waals surface area contributed by atoms with Crippen molar-refractivity contribution in [1.29, 1.82) is 0 Å². The third-order valence-corrected chi connectivity index (χ3v) is 3.81. The molecule has 0 saturated heterocycles. The smallest absolute Gasteiger partial charge is 0.371 e. The highest BCUT2D eigenvalue weighted by atomic mass is 19.1. The molecule has 0 aliphatic rings. The van der Waals surface area contributed by atoms with Gasteiger partial charge in [0.2, 0.25) is 5.76 Å². The normalized spacial score (nSPS) is 11.6. The molecule has 0 amide bonds. The summed E-state index contributed by atoms with van der Waals surface area (Å²) in [4.78, 5) is 22.7. The molecule has 1 heterocycles. The first kappa shape index (κ1) is 16.4. The average Bonchev–Trinajstić information content (AvgIpc) is 2.99. The summed E-state index contributed by atoms with van der Waals surface area (Å²) in [7, 11) is 0. The molecule has 0 saturated carbocycles. The zero-order valence-electron chi connectivity index (χ0n) is 13.0. The number of nitrogens with zero attached hydrogens (tertiary/aromatic N) is 1. The number of aliphatic carboxylic acids is 1. The number of aliphatic hydroxyl groups excluding tert-OH is 1. The van der Waals surface area contributed by atoms with E-state index in [4.69, 9.17) is 5.11 Å². The van der Waals surface area contributed by atoms with Gasteiger partial charge < -0.3 is 14.8 Å². The van der Waals surface area contributed by atoms with Gasteiger partial charge >= 0.3 is 5.97 Å². The second kappa shape index (κ2) is 6.60. The van der Waals surface area contributed by atoms with Gasteiger partial charge in [0.15, 0.2) is 5.78 Å². The Kier molecular flexibility index (Phi) is 4.35. The third-order valence-electron chi connectivity index (χ3n) is 3.81. The first-order chi connectivity index (χ1) is 11.9. The maximum Gasteiger partial charge on any atom is 0.371 e. The molecule has 0 fully saturated rings. The number of carbonyl (C=O) groups excluding carboxylic acids is 1. The lowest BCUT2D eigenvalue weighted by Crippen LogP contribution is -2.04. The predicted octanol–water partition coefficient (Wildman–Crippen LogP) is 3.54. The number of hydrogen-bond donors (Lipinski definition) is 2. The van der Waals surface area contributed by atoms with E-state index < -0.39 is 17.5 Å². The molecule has 0 spiro atoms. The Morgan fingerprint density at radius 2 is 1.76 bits per heavy atom. The maximum atomic E-state index is 13.0. The van der Waals surface area contributed by atoms with Crippen LogP contribution in [0.5, 0.6) is 0 Å². The summed E-state index contributed by atoms with van der Waals surface area (Å²) in [6.45, 7) is 0.498. The van der Waals surface area contributed by atoms with E-state index in [0.717, 1.165) is 16.5 Å². The molecule has 0 atom stereocenters. The second-order valence-corrected chi connectivity index (χ2v) is 5.54. The molecule has 0 unspecified atom stereocenters. The van der Waals surface area contributed by atoms with Crippen LogP contribution in [0.2, 0.25) is 0 Å². The summed E-state index contributed by atoms with van der Waals surface area (Å²) in [5, 5.41) is 18.8. The standard InChI is InChI=1S/C19H14FNO4/c20-15-5-1-12(2-6-15)11-21-8-7-13-3-4-14(9-16(13)21)17(22)10-18(23)19(24)25/h1-10,23H,11H2,(H,24,25)/b18-10-. The van der Waals surface area contributed by atoms with Crippen LogP contribution in [0.25, 0.3) is 10.9 Å². The average molecular weight is 339 g/mol. The number of benzene rings is 2. The number of rotatable bonds is 5. The summed E-state index contributed by atoms with van der Waals surface area (Å²) >= 11 is 0. The van der Waals surface area contributed by atoms with Crippen LogP contribution in [0.4, 0.5) is 4.39 Å². The highest BCUT2D eigenvalue weighted by Crippen LogP contribution is 2.20. The molecule has 25 heavy (non-hydrogen) atoms. The predicted molar refractivity (Wildman–Crippen MR) is 90.1 cm³/mol. The van der Waals surface area contributed by atoms with Gasteiger partial charge in [-0.3, -0.25) is 4.79 Å². The lowest BCUT2D eigenvalue weighted by Gasteiger charge is -2.07. The van der Waals surface area contributed by atoms with Gasteiger partial charge in [-0.2, -0.15) is 0 Å². The molecule has 0 bridgehead atoms. The van der Waals surface area contributed by atoms with E-state index in [-0.39, 0.29) is 11.4 Å². The van der Waals surface area contributed by atoms with Crippen molar-refractivity contribution in [2.75, 3.05) is 0 Å². The van der Waals surface area contributed by atoms with E-state index in [9.17, 15) is 19.1 Å². The number of halogens is 1. The molecule has 3 rings (SSSR count). The van der Waals surface area contributed by atoms with Crippen LogP contribution >= 0.6 is 0 Å². The van der Waals surface area contributed by atoms with Gasteiger partial charge in [0, 0.05) is 29.9 Å². The van der Waals surface area contributed by atoms with Crippen molar-refractivity contribution >= 4 is 22.7 Å². The van der Waals surface area contributed by atoms with E-state index in [2.05, 4.69) is 0 Å². The van der Waals surface area contributed by atoms with Crippen LogP contribution < -0.4 is 0 Å². The molecule has 0 aliphatic heterocycles. The largest absolute Gasteiger partial charge is 0.502 e. The summed E-state index contributed by atoms with van der Waals surface area (Å²) in [6.07, 6.45) is 2.53. The zero-order chi connectivity index (χ0) is 18.0. The Morgan fingerprint density at radius 3 is 2.44 bits per heavy atom. The second-order valence-electron chi connectivity index (χ2n) is 5.54. The lowest BCUT2D eigenvalue weighted by atomic mass is 10.1. The molecule has 2 N–H and O–H groups in total. The van der Waals surface area contributed by atoms with E-state index in [1.54, 1.807) is 30.3 Å². The maximum absolute atomic E-state index is 13.0. The highest BCUT2D eigenvalue weighted by molar-refractivity contribution is 6.09. The van der Waals surface area contributed by atoms with Crippen molar-refractivity contribution in [2.45, 2.75) is 6.54 Å². The Morgan fingerprint density at radius 1 is 1.04 bits per heavy atom. The fourth-order valence-electron chi connectivity index (χ4n) is 2.53. The minimum absolute atomic E-state index is 0.263. The van der Waals surface area contributed by atoms with Crippen LogP contribution in [0, 0.1) is 5.82 Å². The number of allylic oxidation sites excluding steroid dienone is 1. The van der Waals surface area contributed by atoms with Crippen LogP contribution in [0.1, 0.15) is 15.9 Å². The van der Waals surface area contributed by atoms with Crippen molar-refractivity contribution in [3.63, 3.8) is 0 Å². The Balaban J connectivity index is 1.94. The fourth-order valence-corrected chi connectivity index (χ4v) is 2.53. The number of hydrogen-bond acceptors (Lipinski definition) is 3. The highest BCUT2D eigenvalue weighted by Gasteiger charge is 2.11. The summed E-state index contributed by atoms with van der Waals surface area (Å²) in [5.74, 6) is -3.48. The molecule has 6 heteroatoms. The monoisotopic (exact) mass is 339 g/mol. The van der Waals surface area contributed by atoms with Crippen molar-refractivity contribution in [1.82, 2.24) is 4.57 Å². The third kappa shape index (κ3) is 3.58. The molecule has 2 aromatic carbocycles. The number of carboxylic acids is 1. The fraction of sp³-hybridized carbons (Fsp3) is 0.0526. The first-order valence-corrected chi connectivity index (χ1v) is 7.45. The van der Waals surface area contributed by atoms with Crippen molar-refractivity contribution in [3.8, 4) is 0 Å². The van der Waals surface area contributed by atoms with Crippen LogP contribution in [0.15, 0.2) is 66.6 Å². The Labute approximate surface area is 142 Å². The lowest BCUT2D eigenvalue weighted by molar-refractivity contribution is -0.135. The molecule has 0 aliphatic carbocycles. The van der Waals surface area contributed by atoms with E-state index in [1.165, 1.54) is 12.1 Å². The number of fused-ring (bicyclic) bond motifs is 1. The molecule has 3 aromatic rings. The SMILES string of the molecule is O=C(O)/C(O)=C/C(=O)c1ccc2ccn(Cc3ccc(F)cc3)c2c1. The Bertz CT molecular complexity index is 986. The van der Waals surface area contributed by atoms with E-state index >= 15 is 0 Å². The van der Waals surface area contributed by atoms with Gasteiger partial charge in [0.05, 0.1) is 0 Å². The van der Waals surface area contributed by atoms with Gasteiger partial charge in [0.1, 0.15) is 5.82 Å². The zero-order valence-corrected chi connectivity index (χ0v) is 13.0. The number of ketones is 1. The molecular formula is C19H14FNO4. The number of carbonyl (C=O) groups is 2.